The monoisotopic (exact) mass is 150 g/mol. The van der Waals surface area contributed by atoms with E-state index in [-0.39, 0.29) is 0 Å². The topological polar surface area (TPSA) is 69.9 Å². The van der Waals surface area contributed by atoms with E-state index in [1.807, 2.05) is 0 Å². The number of methoxy groups -OCH3 is 1. The first-order valence-electron chi connectivity index (χ1n) is 3.18. The van der Waals surface area contributed by atoms with E-state index >= 15 is 0 Å². The summed E-state index contributed by atoms with van der Waals surface area (Å²) in [6, 6.07) is 0. The highest BCUT2D eigenvalue weighted by Gasteiger charge is 2.13. The molecule has 0 aromatic heterocycles. The van der Waals surface area contributed by atoms with Crippen molar-refractivity contribution in [3.63, 3.8) is 0 Å². The summed E-state index contributed by atoms with van der Waals surface area (Å²) in [5.41, 5.74) is 0. The van der Waals surface area contributed by atoms with E-state index < -0.39 is 18.8 Å². The van der Waals surface area contributed by atoms with E-state index in [0.29, 0.717) is 13.0 Å². The fourth-order valence-corrected chi connectivity index (χ4v) is 0.553. The molecular weight excluding hydrogens is 136 g/mol. The minimum atomic E-state index is -1.05. The van der Waals surface area contributed by atoms with Gasteiger partial charge in [-0.05, 0) is 6.42 Å². The van der Waals surface area contributed by atoms with Crippen LogP contribution in [0.4, 0.5) is 0 Å². The lowest BCUT2D eigenvalue weighted by molar-refractivity contribution is -0.0267. The van der Waals surface area contributed by atoms with Crippen molar-refractivity contribution in [3.8, 4) is 0 Å². The molecule has 4 nitrogen and oxygen atoms in total. The van der Waals surface area contributed by atoms with Crippen molar-refractivity contribution in [2.75, 3.05) is 20.3 Å². The normalized spacial score (nSPS) is 16.8. The Kier molecular flexibility index (Phi) is 5.52. The second-order valence-electron chi connectivity index (χ2n) is 2.10. The Bertz CT molecular complexity index is 76.1. The molecular formula is C6H14O4. The Morgan fingerprint density at radius 3 is 2.30 bits per heavy atom. The Hall–Kier alpha value is -0.160. The Morgan fingerprint density at radius 1 is 1.30 bits per heavy atom. The summed E-state index contributed by atoms with van der Waals surface area (Å²) >= 11 is 0. The summed E-state index contributed by atoms with van der Waals surface area (Å²) in [6.07, 6.45) is -1.59. The van der Waals surface area contributed by atoms with Crippen molar-refractivity contribution >= 4 is 0 Å². The predicted octanol–water partition coefficient (Wildman–Crippen LogP) is -1.26. The van der Waals surface area contributed by atoms with Gasteiger partial charge in [-0.25, -0.2) is 0 Å². The number of hydrogen-bond donors (Lipinski definition) is 3. The lowest BCUT2D eigenvalue weighted by Crippen LogP contribution is -2.30. The molecule has 3 N–H and O–H groups in total. The zero-order chi connectivity index (χ0) is 7.98. The van der Waals surface area contributed by atoms with Crippen molar-refractivity contribution in [3.05, 3.63) is 0 Å². The van der Waals surface area contributed by atoms with Crippen LogP contribution in [0.25, 0.3) is 0 Å². The van der Waals surface area contributed by atoms with E-state index in [1.165, 1.54) is 7.11 Å². The van der Waals surface area contributed by atoms with Crippen molar-refractivity contribution in [2.45, 2.75) is 18.6 Å². The van der Waals surface area contributed by atoms with Crippen LogP contribution in [0.2, 0.25) is 0 Å². The molecule has 0 aliphatic rings. The fraction of sp³-hybridized carbons (Fsp3) is 1.00. The molecule has 62 valence electrons. The largest absolute Gasteiger partial charge is 0.394 e. The SMILES string of the molecule is COCCC(O)C(O)CO. The number of aliphatic hydroxyl groups is 3. The van der Waals surface area contributed by atoms with Crippen LogP contribution in [0.3, 0.4) is 0 Å². The zero-order valence-corrected chi connectivity index (χ0v) is 6.03. The van der Waals surface area contributed by atoms with Crippen molar-refractivity contribution < 1.29 is 20.1 Å². The molecule has 0 saturated carbocycles. The third-order valence-electron chi connectivity index (χ3n) is 1.25. The van der Waals surface area contributed by atoms with Gasteiger partial charge in [0.1, 0.15) is 6.10 Å². The number of rotatable bonds is 5. The molecule has 4 heteroatoms. The molecule has 0 radical (unpaired) electrons. The summed E-state index contributed by atoms with van der Waals surface area (Å²) in [5.74, 6) is 0. The second-order valence-corrected chi connectivity index (χ2v) is 2.10. The molecule has 0 aromatic rings. The van der Waals surface area contributed by atoms with Crippen LogP contribution in [-0.4, -0.2) is 47.9 Å². The van der Waals surface area contributed by atoms with Crippen molar-refractivity contribution in [1.82, 2.24) is 0 Å². The highest BCUT2D eigenvalue weighted by molar-refractivity contribution is 4.64. The highest BCUT2D eigenvalue weighted by atomic mass is 16.5. The average molecular weight is 150 g/mol. The van der Waals surface area contributed by atoms with E-state index in [4.69, 9.17) is 15.3 Å². The molecule has 0 aliphatic carbocycles. The van der Waals surface area contributed by atoms with Gasteiger partial charge in [0.2, 0.25) is 0 Å². The van der Waals surface area contributed by atoms with Gasteiger partial charge in [0.15, 0.2) is 0 Å². The molecule has 0 saturated heterocycles. The first kappa shape index (κ1) is 9.84. The first-order chi connectivity index (χ1) is 4.72. The first-order valence-corrected chi connectivity index (χ1v) is 3.18. The maximum Gasteiger partial charge on any atom is 0.103 e. The highest BCUT2D eigenvalue weighted by Crippen LogP contribution is 1.97. The van der Waals surface area contributed by atoms with Crippen LogP contribution in [0.1, 0.15) is 6.42 Å². The minimum absolute atomic E-state index is 0.345. The second kappa shape index (κ2) is 5.61. The molecule has 0 aliphatic heterocycles. The third-order valence-corrected chi connectivity index (χ3v) is 1.25. The van der Waals surface area contributed by atoms with Crippen LogP contribution in [0, 0.1) is 0 Å². The summed E-state index contributed by atoms with van der Waals surface area (Å²) < 4.78 is 4.65. The van der Waals surface area contributed by atoms with Gasteiger partial charge in [0.05, 0.1) is 12.7 Å². The van der Waals surface area contributed by atoms with Crippen LogP contribution in [-0.2, 0) is 4.74 Å². The van der Waals surface area contributed by atoms with Gasteiger partial charge in [-0.15, -0.1) is 0 Å². The third kappa shape index (κ3) is 3.79. The number of hydrogen-bond acceptors (Lipinski definition) is 4. The lowest BCUT2D eigenvalue weighted by Gasteiger charge is -2.14. The van der Waals surface area contributed by atoms with E-state index in [0.717, 1.165) is 0 Å². The van der Waals surface area contributed by atoms with Gasteiger partial charge in [0, 0.05) is 13.7 Å². The molecule has 0 heterocycles. The lowest BCUT2D eigenvalue weighted by atomic mass is 10.1. The molecule has 0 fully saturated rings. The maximum atomic E-state index is 8.96. The Balaban J connectivity index is 3.31. The smallest absolute Gasteiger partial charge is 0.103 e. The Labute approximate surface area is 60.1 Å². The number of aliphatic hydroxyl groups excluding tert-OH is 3. The Morgan fingerprint density at radius 2 is 1.90 bits per heavy atom. The van der Waals surface area contributed by atoms with Gasteiger partial charge < -0.3 is 20.1 Å². The standard InChI is InChI=1S/C6H14O4/c1-10-3-2-5(8)6(9)4-7/h5-9H,2-4H2,1H3. The van der Waals surface area contributed by atoms with Gasteiger partial charge in [-0.3, -0.25) is 0 Å². The van der Waals surface area contributed by atoms with Crippen LogP contribution >= 0.6 is 0 Å². The molecule has 0 aromatic carbocycles. The summed E-state index contributed by atoms with van der Waals surface area (Å²) in [4.78, 5) is 0. The fourth-order valence-electron chi connectivity index (χ4n) is 0.553. The van der Waals surface area contributed by atoms with Gasteiger partial charge in [-0.2, -0.15) is 0 Å². The van der Waals surface area contributed by atoms with Crippen LogP contribution < -0.4 is 0 Å². The molecule has 10 heavy (non-hydrogen) atoms. The van der Waals surface area contributed by atoms with Crippen LogP contribution in [0.15, 0.2) is 0 Å². The molecule has 0 spiro atoms. The average Bonchev–Trinajstić information content (AvgIpc) is 1.98. The zero-order valence-electron chi connectivity index (χ0n) is 6.03. The summed E-state index contributed by atoms with van der Waals surface area (Å²) in [6.45, 7) is -0.0247. The molecule has 2 unspecified atom stereocenters. The van der Waals surface area contributed by atoms with E-state index in [1.54, 1.807) is 0 Å². The van der Waals surface area contributed by atoms with Gasteiger partial charge in [0.25, 0.3) is 0 Å². The quantitative estimate of drug-likeness (QED) is 0.457. The van der Waals surface area contributed by atoms with E-state index in [2.05, 4.69) is 4.74 Å². The summed E-state index contributed by atoms with van der Waals surface area (Å²) in [7, 11) is 1.51. The molecule has 0 rings (SSSR count). The van der Waals surface area contributed by atoms with Gasteiger partial charge >= 0.3 is 0 Å². The van der Waals surface area contributed by atoms with Crippen LogP contribution in [0.5, 0.6) is 0 Å². The minimum Gasteiger partial charge on any atom is -0.394 e. The summed E-state index contributed by atoms with van der Waals surface area (Å²) in [5, 5.41) is 26.1. The molecule has 0 amide bonds. The van der Waals surface area contributed by atoms with Gasteiger partial charge in [-0.1, -0.05) is 0 Å². The number of ether oxygens (including phenoxy) is 1. The predicted molar refractivity (Wildman–Crippen MR) is 35.6 cm³/mol. The van der Waals surface area contributed by atoms with Crippen molar-refractivity contribution in [1.29, 1.82) is 0 Å². The van der Waals surface area contributed by atoms with Crippen molar-refractivity contribution in [2.24, 2.45) is 0 Å². The van der Waals surface area contributed by atoms with E-state index in [9.17, 15) is 0 Å². The molecule has 2 atom stereocenters. The maximum absolute atomic E-state index is 8.96. The molecule has 0 bridgehead atoms.